The molecule has 0 aliphatic rings. The molecule has 11 aromatic rings. The zero-order chi connectivity index (χ0) is 37.7. The number of anilines is 2. The van der Waals surface area contributed by atoms with Crippen LogP contribution < -0.4 is 5.32 Å². The zero-order valence-corrected chi connectivity index (χ0v) is 31.4. The molecule has 0 radical (unpaired) electrons. The highest BCUT2D eigenvalue weighted by Gasteiger charge is 2.16. The minimum Gasteiger partial charge on any atom is -0.456 e. The smallest absolute Gasteiger partial charge is 0.164 e. The number of hydrogen-bond acceptors (Lipinski definition) is 6. The van der Waals surface area contributed by atoms with Crippen LogP contribution in [0.25, 0.3) is 98.5 Å². The third kappa shape index (κ3) is 6.09. The molecule has 6 heteroatoms. The van der Waals surface area contributed by atoms with Gasteiger partial charge in [-0.3, -0.25) is 0 Å². The van der Waals surface area contributed by atoms with E-state index in [9.17, 15) is 0 Å². The lowest BCUT2D eigenvalue weighted by atomic mass is 10.0. The second-order valence-electron chi connectivity index (χ2n) is 14.1. The molecule has 11 rings (SSSR count). The van der Waals surface area contributed by atoms with E-state index in [0.717, 1.165) is 61.1 Å². The number of rotatable bonds is 7. The van der Waals surface area contributed by atoms with Gasteiger partial charge in [0, 0.05) is 64.6 Å². The summed E-state index contributed by atoms with van der Waals surface area (Å²) in [4.78, 5) is 14.7. The molecule has 3 aromatic heterocycles. The number of fused-ring (bicyclic) bond motifs is 6. The third-order valence-corrected chi connectivity index (χ3v) is 11.7. The van der Waals surface area contributed by atoms with Gasteiger partial charge in [-0.15, -0.1) is 11.3 Å². The molecule has 0 atom stereocenters. The largest absolute Gasteiger partial charge is 0.456 e. The Labute approximate surface area is 332 Å². The Kier molecular flexibility index (Phi) is 7.93. The lowest BCUT2D eigenvalue weighted by Gasteiger charge is -2.12. The molecule has 8 aromatic carbocycles. The molecule has 0 saturated carbocycles. The SMILES string of the molecule is c1ccc(-c2nc(-c3ccccc3)nc(-c3ccc4c(c3)oc3cc(-c5ccc6sc7cc(Nc8ccccc8-c8ccccc8)ccc7c6c5)ccc34)n2)cc1. The molecular formula is C51H32N4OS. The Morgan fingerprint density at radius 1 is 0.368 bits per heavy atom. The van der Waals surface area contributed by atoms with Crippen LogP contribution in [0.2, 0.25) is 0 Å². The molecule has 0 aliphatic heterocycles. The Hall–Kier alpha value is -7.41. The lowest BCUT2D eigenvalue weighted by Crippen LogP contribution is -2.00. The van der Waals surface area contributed by atoms with Gasteiger partial charge in [-0.05, 0) is 71.3 Å². The van der Waals surface area contributed by atoms with Crippen LogP contribution in [-0.2, 0) is 0 Å². The van der Waals surface area contributed by atoms with Crippen LogP contribution >= 0.6 is 11.3 Å². The van der Waals surface area contributed by atoms with Gasteiger partial charge in [0.2, 0.25) is 0 Å². The van der Waals surface area contributed by atoms with Crippen molar-refractivity contribution in [2.45, 2.75) is 0 Å². The fraction of sp³-hybridized carbons (Fsp3) is 0. The molecule has 0 saturated heterocycles. The molecule has 0 fully saturated rings. The van der Waals surface area contributed by atoms with Crippen LogP contribution in [0.5, 0.6) is 0 Å². The molecule has 0 spiro atoms. The summed E-state index contributed by atoms with van der Waals surface area (Å²) in [5, 5.41) is 8.31. The number of nitrogens with one attached hydrogen (secondary N) is 1. The summed E-state index contributed by atoms with van der Waals surface area (Å²) < 4.78 is 9.08. The fourth-order valence-electron chi connectivity index (χ4n) is 7.68. The van der Waals surface area contributed by atoms with Gasteiger partial charge in [0.1, 0.15) is 11.2 Å². The summed E-state index contributed by atoms with van der Waals surface area (Å²) in [6.45, 7) is 0. The quantitative estimate of drug-likeness (QED) is 0.176. The van der Waals surface area contributed by atoms with Gasteiger partial charge < -0.3 is 9.73 Å². The van der Waals surface area contributed by atoms with E-state index in [-0.39, 0.29) is 0 Å². The van der Waals surface area contributed by atoms with Crippen LogP contribution in [0, 0.1) is 0 Å². The van der Waals surface area contributed by atoms with E-state index in [1.54, 1.807) is 0 Å². The highest BCUT2D eigenvalue weighted by Crippen LogP contribution is 2.40. The van der Waals surface area contributed by atoms with E-state index in [4.69, 9.17) is 19.4 Å². The van der Waals surface area contributed by atoms with E-state index in [2.05, 4.69) is 127 Å². The monoisotopic (exact) mass is 748 g/mol. The first-order valence-corrected chi connectivity index (χ1v) is 19.7. The van der Waals surface area contributed by atoms with Gasteiger partial charge >= 0.3 is 0 Å². The third-order valence-electron chi connectivity index (χ3n) is 10.5. The van der Waals surface area contributed by atoms with E-state index in [0.29, 0.717) is 17.5 Å². The van der Waals surface area contributed by atoms with E-state index >= 15 is 0 Å². The van der Waals surface area contributed by atoms with Crippen molar-refractivity contribution in [2.75, 3.05) is 5.32 Å². The Morgan fingerprint density at radius 3 is 1.58 bits per heavy atom. The molecule has 5 nitrogen and oxygen atoms in total. The van der Waals surface area contributed by atoms with Crippen molar-refractivity contribution in [1.82, 2.24) is 15.0 Å². The van der Waals surface area contributed by atoms with E-state index in [1.165, 1.54) is 31.3 Å². The van der Waals surface area contributed by atoms with E-state index in [1.807, 2.05) is 78.1 Å². The average molecular weight is 749 g/mol. The molecule has 0 aliphatic carbocycles. The minimum absolute atomic E-state index is 0.599. The van der Waals surface area contributed by atoms with Gasteiger partial charge in [-0.1, -0.05) is 133 Å². The van der Waals surface area contributed by atoms with Crippen molar-refractivity contribution in [3.63, 3.8) is 0 Å². The number of furan rings is 1. The predicted molar refractivity (Wildman–Crippen MR) is 237 cm³/mol. The Morgan fingerprint density at radius 2 is 0.895 bits per heavy atom. The number of hydrogen-bond donors (Lipinski definition) is 1. The minimum atomic E-state index is 0.599. The molecular weight excluding hydrogens is 717 g/mol. The van der Waals surface area contributed by atoms with Crippen molar-refractivity contribution in [3.8, 4) is 56.4 Å². The lowest BCUT2D eigenvalue weighted by molar-refractivity contribution is 0.669. The molecule has 0 unspecified atom stereocenters. The van der Waals surface area contributed by atoms with Crippen molar-refractivity contribution >= 4 is 64.8 Å². The van der Waals surface area contributed by atoms with Crippen molar-refractivity contribution < 1.29 is 4.42 Å². The maximum absolute atomic E-state index is 6.57. The first-order valence-electron chi connectivity index (χ1n) is 18.9. The number of nitrogens with zero attached hydrogens (tertiary/aromatic N) is 3. The summed E-state index contributed by atoms with van der Waals surface area (Å²) in [7, 11) is 0. The maximum Gasteiger partial charge on any atom is 0.164 e. The number of aromatic nitrogens is 3. The van der Waals surface area contributed by atoms with Crippen molar-refractivity contribution in [3.05, 3.63) is 188 Å². The normalized spacial score (nSPS) is 11.5. The van der Waals surface area contributed by atoms with Crippen LogP contribution in [-0.4, -0.2) is 15.0 Å². The molecule has 268 valence electrons. The fourth-order valence-corrected chi connectivity index (χ4v) is 8.81. The van der Waals surface area contributed by atoms with Crippen molar-refractivity contribution in [1.29, 1.82) is 0 Å². The van der Waals surface area contributed by atoms with Crippen molar-refractivity contribution in [2.24, 2.45) is 0 Å². The second kappa shape index (κ2) is 13.7. The first kappa shape index (κ1) is 33.0. The number of benzene rings is 8. The summed E-state index contributed by atoms with van der Waals surface area (Å²) in [6, 6.07) is 65.2. The predicted octanol–water partition coefficient (Wildman–Crippen LogP) is 14.2. The zero-order valence-electron chi connectivity index (χ0n) is 30.6. The highest BCUT2D eigenvalue weighted by atomic mass is 32.1. The average Bonchev–Trinajstić information content (AvgIpc) is 3.84. The Balaban J connectivity index is 0.925. The second-order valence-corrected chi connectivity index (χ2v) is 15.2. The molecule has 0 amide bonds. The summed E-state index contributed by atoms with van der Waals surface area (Å²) in [5.74, 6) is 1.86. The van der Waals surface area contributed by atoms with Crippen LogP contribution in [0.15, 0.2) is 192 Å². The highest BCUT2D eigenvalue weighted by molar-refractivity contribution is 7.25. The topological polar surface area (TPSA) is 63.8 Å². The van der Waals surface area contributed by atoms with Crippen LogP contribution in [0.3, 0.4) is 0 Å². The number of para-hydroxylation sites is 1. The van der Waals surface area contributed by atoms with E-state index < -0.39 is 0 Å². The van der Waals surface area contributed by atoms with Crippen LogP contribution in [0.1, 0.15) is 0 Å². The Bertz CT molecular complexity index is 3210. The van der Waals surface area contributed by atoms with Gasteiger partial charge in [0.05, 0.1) is 0 Å². The maximum atomic E-state index is 6.57. The van der Waals surface area contributed by atoms with Gasteiger partial charge in [-0.25, -0.2) is 15.0 Å². The molecule has 1 N–H and O–H groups in total. The van der Waals surface area contributed by atoms with Crippen LogP contribution in [0.4, 0.5) is 11.4 Å². The summed E-state index contributed by atoms with van der Waals surface area (Å²) >= 11 is 1.82. The van der Waals surface area contributed by atoms with Gasteiger partial charge in [0.25, 0.3) is 0 Å². The standard InChI is InChI=1S/C51H32N4OS/c1-4-12-32(13-5-1)39-18-10-11-19-44(39)52-38-23-26-42-43-28-35(22-27-47(43)57-48(42)31-38)36-20-24-40-41-25-21-37(30-46(41)56-45(40)29-36)51-54-49(33-14-6-2-7-15-33)53-50(55-51)34-16-8-3-9-17-34/h1-31,52H. The van der Waals surface area contributed by atoms with Gasteiger partial charge in [0.15, 0.2) is 17.5 Å². The summed E-state index contributed by atoms with van der Waals surface area (Å²) in [5.41, 5.74) is 11.2. The number of thiophene rings is 1. The van der Waals surface area contributed by atoms with Gasteiger partial charge in [-0.2, -0.15) is 0 Å². The molecule has 0 bridgehead atoms. The molecule has 3 heterocycles. The summed E-state index contributed by atoms with van der Waals surface area (Å²) in [6.07, 6.45) is 0. The first-order chi connectivity index (χ1) is 28.2. The molecule has 57 heavy (non-hydrogen) atoms.